The molecule has 29 heavy (non-hydrogen) atoms. The molecule has 2 aromatic carbocycles. The van der Waals surface area contributed by atoms with Crippen LogP contribution in [0.15, 0.2) is 60.7 Å². The van der Waals surface area contributed by atoms with Gasteiger partial charge in [0.25, 0.3) is 5.91 Å². The normalized spacial score (nSPS) is 13.4. The molecule has 1 aliphatic rings. The Kier molecular flexibility index (Phi) is 5.42. The average Bonchev–Trinajstić information content (AvgIpc) is 3.29. The second-order valence-corrected chi connectivity index (χ2v) is 7.25. The number of amides is 1. The van der Waals surface area contributed by atoms with Gasteiger partial charge in [0.15, 0.2) is 0 Å². The molecule has 1 aromatic heterocycles. The van der Waals surface area contributed by atoms with E-state index in [9.17, 15) is 4.79 Å². The van der Waals surface area contributed by atoms with Crippen molar-refractivity contribution in [1.29, 1.82) is 0 Å². The largest absolute Gasteiger partial charge is 0.372 e. The fourth-order valence-corrected chi connectivity index (χ4v) is 3.55. The number of anilines is 4. The van der Waals surface area contributed by atoms with E-state index in [4.69, 9.17) is 0 Å². The van der Waals surface area contributed by atoms with Crippen LogP contribution in [0, 0.1) is 6.92 Å². The summed E-state index contributed by atoms with van der Waals surface area (Å²) in [5.74, 6) is 0.991. The number of aryl methyl sites for hydroxylation is 1. The van der Waals surface area contributed by atoms with Gasteiger partial charge in [-0.1, -0.05) is 18.2 Å². The van der Waals surface area contributed by atoms with Gasteiger partial charge >= 0.3 is 0 Å². The number of nitrogens with one attached hydrogen (secondary N) is 1. The lowest BCUT2D eigenvalue weighted by Gasteiger charge is -2.19. The molecule has 1 amide bonds. The molecule has 4 rings (SSSR count). The van der Waals surface area contributed by atoms with Crippen LogP contribution in [0.4, 0.5) is 22.9 Å². The SMILES string of the molecule is Cc1nc(C(=O)Nc2ccc(N3CCCC3)cc2)cc(N(C)c2ccccc2)n1. The van der Waals surface area contributed by atoms with Gasteiger partial charge in [-0.3, -0.25) is 4.79 Å². The number of hydrogen-bond donors (Lipinski definition) is 1. The van der Waals surface area contributed by atoms with Crippen LogP contribution in [-0.4, -0.2) is 36.0 Å². The molecule has 0 radical (unpaired) electrons. The Morgan fingerprint density at radius 3 is 2.38 bits per heavy atom. The number of carbonyl (C=O) groups excluding carboxylic acids is 1. The first-order valence-corrected chi connectivity index (χ1v) is 9.91. The predicted molar refractivity (Wildman–Crippen MR) is 117 cm³/mol. The van der Waals surface area contributed by atoms with E-state index in [1.807, 2.05) is 54.4 Å². The molecule has 1 fully saturated rings. The van der Waals surface area contributed by atoms with E-state index in [1.54, 1.807) is 13.0 Å². The highest BCUT2D eigenvalue weighted by atomic mass is 16.1. The molecule has 0 unspecified atom stereocenters. The Bertz CT molecular complexity index is 982. The minimum atomic E-state index is -0.243. The van der Waals surface area contributed by atoms with Crippen LogP contribution >= 0.6 is 0 Å². The number of rotatable bonds is 5. The first-order chi connectivity index (χ1) is 14.1. The van der Waals surface area contributed by atoms with Gasteiger partial charge in [-0.25, -0.2) is 9.97 Å². The fraction of sp³-hybridized carbons (Fsp3) is 0.261. The number of nitrogens with zero attached hydrogens (tertiary/aromatic N) is 4. The van der Waals surface area contributed by atoms with Gasteiger partial charge in [0.1, 0.15) is 17.3 Å². The average molecular weight is 387 g/mol. The molecule has 6 heteroatoms. The molecular weight excluding hydrogens is 362 g/mol. The van der Waals surface area contributed by atoms with Gasteiger partial charge in [0, 0.05) is 43.3 Å². The van der Waals surface area contributed by atoms with Crippen molar-refractivity contribution in [3.8, 4) is 0 Å². The number of carbonyl (C=O) groups is 1. The van der Waals surface area contributed by atoms with E-state index in [0.29, 0.717) is 17.3 Å². The fourth-order valence-electron chi connectivity index (χ4n) is 3.55. The van der Waals surface area contributed by atoms with Crippen LogP contribution in [-0.2, 0) is 0 Å². The summed E-state index contributed by atoms with van der Waals surface area (Å²) in [6, 6.07) is 19.6. The summed E-state index contributed by atoms with van der Waals surface area (Å²) < 4.78 is 0. The van der Waals surface area contributed by atoms with Crippen LogP contribution in [0.25, 0.3) is 0 Å². The highest BCUT2D eigenvalue weighted by molar-refractivity contribution is 6.03. The van der Waals surface area contributed by atoms with Gasteiger partial charge in [0.05, 0.1) is 0 Å². The Morgan fingerprint density at radius 2 is 1.69 bits per heavy atom. The van der Waals surface area contributed by atoms with E-state index in [0.717, 1.165) is 24.5 Å². The Morgan fingerprint density at radius 1 is 1.00 bits per heavy atom. The van der Waals surface area contributed by atoms with Crippen molar-refractivity contribution < 1.29 is 4.79 Å². The van der Waals surface area contributed by atoms with Crippen molar-refractivity contribution in [1.82, 2.24) is 9.97 Å². The number of hydrogen-bond acceptors (Lipinski definition) is 5. The number of aromatic nitrogens is 2. The molecule has 1 aliphatic heterocycles. The lowest BCUT2D eigenvalue weighted by atomic mass is 10.2. The van der Waals surface area contributed by atoms with Gasteiger partial charge in [-0.15, -0.1) is 0 Å². The van der Waals surface area contributed by atoms with Crippen molar-refractivity contribution >= 4 is 28.8 Å². The summed E-state index contributed by atoms with van der Waals surface area (Å²) in [5.41, 5.74) is 3.30. The Balaban J connectivity index is 1.50. The molecule has 1 saturated heterocycles. The summed E-state index contributed by atoms with van der Waals surface area (Å²) in [5, 5.41) is 2.94. The topological polar surface area (TPSA) is 61.4 Å². The van der Waals surface area contributed by atoms with Crippen LogP contribution in [0.1, 0.15) is 29.2 Å². The highest BCUT2D eigenvalue weighted by Crippen LogP contribution is 2.24. The first-order valence-electron chi connectivity index (χ1n) is 9.91. The van der Waals surface area contributed by atoms with Crippen molar-refractivity contribution in [3.05, 3.63) is 72.2 Å². The van der Waals surface area contributed by atoms with Gasteiger partial charge in [0.2, 0.25) is 0 Å². The van der Waals surface area contributed by atoms with Crippen LogP contribution < -0.4 is 15.1 Å². The van der Waals surface area contributed by atoms with E-state index in [-0.39, 0.29) is 5.91 Å². The second-order valence-electron chi connectivity index (χ2n) is 7.25. The third-order valence-corrected chi connectivity index (χ3v) is 5.14. The third-order valence-electron chi connectivity index (χ3n) is 5.14. The summed E-state index contributed by atoms with van der Waals surface area (Å²) in [7, 11) is 1.93. The Hall–Kier alpha value is -3.41. The van der Waals surface area contributed by atoms with Gasteiger partial charge in [-0.05, 0) is 56.2 Å². The predicted octanol–water partition coefficient (Wildman–Crippen LogP) is 4.41. The lowest BCUT2D eigenvalue weighted by Crippen LogP contribution is -2.19. The van der Waals surface area contributed by atoms with Crippen molar-refractivity contribution in [2.24, 2.45) is 0 Å². The standard InChI is InChI=1S/C23H25N5O/c1-17-24-21(16-22(25-17)27(2)19-8-4-3-5-9-19)23(29)26-18-10-12-20(13-11-18)28-14-6-7-15-28/h3-5,8-13,16H,6-7,14-15H2,1-2H3,(H,26,29). The van der Waals surface area contributed by atoms with Gasteiger partial charge < -0.3 is 15.1 Å². The quantitative estimate of drug-likeness (QED) is 0.703. The van der Waals surface area contributed by atoms with E-state index in [1.165, 1.54) is 18.5 Å². The lowest BCUT2D eigenvalue weighted by molar-refractivity contribution is 0.102. The summed E-state index contributed by atoms with van der Waals surface area (Å²) >= 11 is 0. The molecular formula is C23H25N5O. The van der Waals surface area contributed by atoms with Crippen molar-refractivity contribution in [2.45, 2.75) is 19.8 Å². The third kappa shape index (κ3) is 4.37. The Labute approximate surface area is 171 Å². The number of benzene rings is 2. The van der Waals surface area contributed by atoms with Crippen LogP contribution in [0.5, 0.6) is 0 Å². The van der Waals surface area contributed by atoms with E-state index in [2.05, 4.69) is 32.3 Å². The zero-order valence-electron chi connectivity index (χ0n) is 16.8. The second kappa shape index (κ2) is 8.31. The van der Waals surface area contributed by atoms with E-state index >= 15 is 0 Å². The van der Waals surface area contributed by atoms with Crippen LogP contribution in [0.2, 0.25) is 0 Å². The minimum Gasteiger partial charge on any atom is -0.372 e. The molecule has 148 valence electrons. The maximum Gasteiger partial charge on any atom is 0.274 e. The molecule has 0 bridgehead atoms. The van der Waals surface area contributed by atoms with E-state index < -0.39 is 0 Å². The molecule has 0 spiro atoms. The molecule has 0 atom stereocenters. The van der Waals surface area contributed by atoms with Crippen molar-refractivity contribution in [2.75, 3.05) is 35.3 Å². The maximum absolute atomic E-state index is 12.8. The molecule has 3 aromatic rings. The number of para-hydroxylation sites is 1. The summed E-state index contributed by atoms with van der Waals surface area (Å²) in [6.45, 7) is 4.00. The zero-order valence-corrected chi connectivity index (χ0v) is 16.8. The molecule has 6 nitrogen and oxygen atoms in total. The molecule has 0 aliphatic carbocycles. The summed E-state index contributed by atoms with van der Waals surface area (Å²) in [4.78, 5) is 25.9. The first kappa shape index (κ1) is 18.9. The maximum atomic E-state index is 12.8. The highest BCUT2D eigenvalue weighted by Gasteiger charge is 2.15. The van der Waals surface area contributed by atoms with Gasteiger partial charge in [-0.2, -0.15) is 0 Å². The molecule has 2 heterocycles. The summed E-state index contributed by atoms with van der Waals surface area (Å²) in [6.07, 6.45) is 2.48. The van der Waals surface area contributed by atoms with Crippen LogP contribution in [0.3, 0.4) is 0 Å². The monoisotopic (exact) mass is 387 g/mol. The zero-order chi connectivity index (χ0) is 20.2. The smallest absolute Gasteiger partial charge is 0.274 e. The molecule has 0 saturated carbocycles. The minimum absolute atomic E-state index is 0.243. The van der Waals surface area contributed by atoms with Crippen molar-refractivity contribution in [3.63, 3.8) is 0 Å². The molecule has 1 N–H and O–H groups in total.